The quantitative estimate of drug-likeness (QED) is 0.369. The molecule has 0 aliphatic heterocycles. The van der Waals surface area contributed by atoms with Crippen molar-refractivity contribution in [1.29, 1.82) is 0 Å². The van der Waals surface area contributed by atoms with E-state index in [1.807, 2.05) is 36.4 Å². The number of hydrogen-bond donors (Lipinski definition) is 2. The zero-order chi connectivity index (χ0) is 13.7. The molecular weight excluding hydrogens is 237 g/mol. The zero-order valence-electron chi connectivity index (χ0n) is 10.6. The Hall–Kier alpha value is -1.98. The summed E-state index contributed by atoms with van der Waals surface area (Å²) in [6.07, 6.45) is 0.444. The Bertz CT molecular complexity index is 533. The van der Waals surface area contributed by atoms with Gasteiger partial charge in [-0.25, -0.2) is 5.84 Å². The summed E-state index contributed by atoms with van der Waals surface area (Å²) in [6, 6.07) is 15.2. The normalized spacial score (nSPS) is 10.4. The maximum atomic E-state index is 5.91. The van der Waals surface area contributed by atoms with E-state index < -0.39 is 0 Å². The lowest BCUT2D eigenvalue weighted by atomic mass is 9.96. The van der Waals surface area contributed by atoms with Crippen molar-refractivity contribution < 1.29 is 4.84 Å². The van der Waals surface area contributed by atoms with Crippen molar-refractivity contribution in [1.82, 2.24) is 0 Å². The number of anilines is 2. The second kappa shape index (κ2) is 6.27. The van der Waals surface area contributed by atoms with Crippen LogP contribution in [0.25, 0.3) is 0 Å². The van der Waals surface area contributed by atoms with Gasteiger partial charge in [-0.15, -0.1) is 0 Å². The van der Waals surface area contributed by atoms with E-state index in [1.165, 1.54) is 5.17 Å². The fourth-order valence-electron chi connectivity index (χ4n) is 1.72. The van der Waals surface area contributed by atoms with Crippen LogP contribution in [0.2, 0.25) is 0 Å². The summed E-state index contributed by atoms with van der Waals surface area (Å²) in [7, 11) is 5.55. The van der Waals surface area contributed by atoms with Gasteiger partial charge in [0.2, 0.25) is 0 Å². The van der Waals surface area contributed by atoms with E-state index in [4.69, 9.17) is 24.3 Å². The standard InChI is InChI=1S/C14H16BN3O/c15-9-12-6-7-14(13(16)8-12)18(17)19-10-11-4-2-1-3-5-11/h1-8H,9-10,16-17H2. The van der Waals surface area contributed by atoms with Crippen molar-refractivity contribution >= 4 is 19.2 Å². The summed E-state index contributed by atoms with van der Waals surface area (Å²) in [5.41, 5.74) is 9.06. The van der Waals surface area contributed by atoms with Crippen molar-refractivity contribution in [2.45, 2.75) is 12.9 Å². The van der Waals surface area contributed by atoms with Crippen LogP contribution in [-0.4, -0.2) is 7.85 Å². The molecule has 0 aromatic heterocycles. The smallest absolute Gasteiger partial charge is 0.105 e. The number of rotatable bonds is 5. The maximum Gasteiger partial charge on any atom is 0.105 e. The van der Waals surface area contributed by atoms with E-state index in [0.717, 1.165) is 11.1 Å². The van der Waals surface area contributed by atoms with Gasteiger partial charge in [0.15, 0.2) is 0 Å². The highest BCUT2D eigenvalue weighted by atomic mass is 16.7. The molecule has 5 heteroatoms. The highest BCUT2D eigenvalue weighted by molar-refractivity contribution is 6.08. The van der Waals surface area contributed by atoms with Crippen molar-refractivity contribution in [3.05, 3.63) is 59.7 Å². The van der Waals surface area contributed by atoms with Crippen LogP contribution < -0.4 is 16.7 Å². The molecule has 0 aliphatic rings. The molecule has 2 rings (SSSR count). The van der Waals surface area contributed by atoms with Crippen LogP contribution in [0.5, 0.6) is 0 Å². The fourth-order valence-corrected chi connectivity index (χ4v) is 1.72. The number of nitrogens with zero attached hydrogens (tertiary/aromatic N) is 1. The molecule has 4 N–H and O–H groups in total. The molecule has 0 atom stereocenters. The molecule has 19 heavy (non-hydrogen) atoms. The van der Waals surface area contributed by atoms with E-state index in [-0.39, 0.29) is 0 Å². The van der Waals surface area contributed by atoms with E-state index in [2.05, 4.69) is 0 Å². The summed E-state index contributed by atoms with van der Waals surface area (Å²) in [5, 5.41) is 1.18. The third kappa shape index (κ3) is 3.50. The number of nitrogens with two attached hydrogens (primary N) is 2. The van der Waals surface area contributed by atoms with Gasteiger partial charge in [0, 0.05) is 0 Å². The van der Waals surface area contributed by atoms with Crippen LogP contribution in [0.4, 0.5) is 11.4 Å². The molecule has 2 aromatic carbocycles. The van der Waals surface area contributed by atoms with Gasteiger partial charge in [-0.05, 0) is 17.7 Å². The number of hydrogen-bond acceptors (Lipinski definition) is 4. The van der Waals surface area contributed by atoms with Gasteiger partial charge in [-0.2, -0.15) is 5.17 Å². The first kappa shape index (κ1) is 13.5. The van der Waals surface area contributed by atoms with Gasteiger partial charge in [-0.1, -0.05) is 48.3 Å². The van der Waals surface area contributed by atoms with Gasteiger partial charge in [-0.3, -0.25) is 4.84 Å². The molecule has 0 spiro atoms. The van der Waals surface area contributed by atoms with E-state index in [1.54, 1.807) is 12.1 Å². The first-order valence-corrected chi connectivity index (χ1v) is 6.01. The monoisotopic (exact) mass is 253 g/mol. The van der Waals surface area contributed by atoms with Gasteiger partial charge in [0.05, 0.1) is 13.5 Å². The minimum atomic E-state index is 0.384. The van der Waals surface area contributed by atoms with E-state index in [9.17, 15) is 0 Å². The molecule has 0 amide bonds. The molecule has 96 valence electrons. The highest BCUT2D eigenvalue weighted by Crippen LogP contribution is 2.23. The van der Waals surface area contributed by atoms with Gasteiger partial charge < -0.3 is 5.73 Å². The Kier molecular flexibility index (Phi) is 4.44. The lowest BCUT2D eigenvalue weighted by molar-refractivity contribution is 0.0951. The molecule has 4 nitrogen and oxygen atoms in total. The van der Waals surface area contributed by atoms with Crippen LogP contribution in [0.3, 0.4) is 0 Å². The summed E-state index contributed by atoms with van der Waals surface area (Å²) in [4.78, 5) is 5.47. The third-order valence-electron chi connectivity index (χ3n) is 2.78. The third-order valence-corrected chi connectivity index (χ3v) is 2.78. The molecule has 0 heterocycles. The number of benzene rings is 2. The van der Waals surface area contributed by atoms with Gasteiger partial charge in [0.1, 0.15) is 12.3 Å². The summed E-state index contributed by atoms with van der Waals surface area (Å²) in [5.74, 6) is 5.84. The summed E-state index contributed by atoms with van der Waals surface area (Å²) < 4.78 is 0. The van der Waals surface area contributed by atoms with Crippen LogP contribution in [0.15, 0.2) is 48.5 Å². The van der Waals surface area contributed by atoms with Crippen LogP contribution in [0.1, 0.15) is 11.1 Å². The second-order valence-corrected chi connectivity index (χ2v) is 4.18. The number of nitrogen functional groups attached to an aromatic ring is 1. The van der Waals surface area contributed by atoms with Crippen molar-refractivity contribution in [2.75, 3.05) is 10.9 Å². The minimum Gasteiger partial charge on any atom is -0.397 e. The Morgan fingerprint density at radius 2 is 1.79 bits per heavy atom. The number of hydrazine groups is 1. The van der Waals surface area contributed by atoms with Gasteiger partial charge >= 0.3 is 0 Å². The summed E-state index contributed by atoms with van der Waals surface area (Å²) >= 11 is 0. The van der Waals surface area contributed by atoms with Crippen LogP contribution in [-0.2, 0) is 17.8 Å². The van der Waals surface area contributed by atoms with Crippen molar-refractivity contribution in [3.8, 4) is 0 Å². The van der Waals surface area contributed by atoms with E-state index in [0.29, 0.717) is 24.3 Å². The molecule has 0 saturated carbocycles. The molecular formula is C14H16BN3O. The average molecular weight is 253 g/mol. The largest absolute Gasteiger partial charge is 0.397 e. The SMILES string of the molecule is [B]Cc1ccc(N(N)OCc2ccccc2)c(N)c1. The Labute approximate surface area is 114 Å². The minimum absolute atomic E-state index is 0.384. The topological polar surface area (TPSA) is 64.5 Å². The maximum absolute atomic E-state index is 5.91. The predicted octanol–water partition coefficient (Wildman–Crippen LogP) is 1.75. The molecule has 0 unspecified atom stereocenters. The molecule has 0 saturated heterocycles. The predicted molar refractivity (Wildman–Crippen MR) is 78.2 cm³/mol. The van der Waals surface area contributed by atoms with Crippen molar-refractivity contribution in [3.63, 3.8) is 0 Å². The first-order valence-electron chi connectivity index (χ1n) is 6.01. The lowest BCUT2D eigenvalue weighted by Crippen LogP contribution is -2.31. The van der Waals surface area contributed by atoms with Crippen LogP contribution >= 0.6 is 0 Å². The van der Waals surface area contributed by atoms with Crippen molar-refractivity contribution in [2.24, 2.45) is 5.84 Å². The van der Waals surface area contributed by atoms with Gasteiger partial charge in [0.25, 0.3) is 0 Å². The van der Waals surface area contributed by atoms with Crippen LogP contribution in [0, 0.1) is 0 Å². The molecule has 0 aliphatic carbocycles. The highest BCUT2D eigenvalue weighted by Gasteiger charge is 2.07. The molecule has 0 bridgehead atoms. The summed E-state index contributed by atoms with van der Waals surface area (Å²) in [6.45, 7) is 0.384. The molecule has 2 aromatic rings. The average Bonchev–Trinajstić information content (AvgIpc) is 2.45. The molecule has 0 fully saturated rings. The first-order chi connectivity index (χ1) is 9.20. The second-order valence-electron chi connectivity index (χ2n) is 4.18. The zero-order valence-corrected chi connectivity index (χ0v) is 10.6. The Morgan fingerprint density at radius 3 is 2.42 bits per heavy atom. The Balaban J connectivity index is 2.02. The molecule has 2 radical (unpaired) electrons. The lowest BCUT2D eigenvalue weighted by Gasteiger charge is -2.20. The fraction of sp³-hybridized carbons (Fsp3) is 0.143. The van der Waals surface area contributed by atoms with E-state index >= 15 is 0 Å². The Morgan fingerprint density at radius 1 is 1.05 bits per heavy atom.